The second kappa shape index (κ2) is 4.70. The Hall–Kier alpha value is -2.14. The van der Waals surface area contributed by atoms with Crippen molar-refractivity contribution in [2.45, 2.75) is 25.3 Å². The van der Waals surface area contributed by atoms with Crippen LogP contribution in [0.3, 0.4) is 0 Å². The average Bonchev–Trinajstić information content (AvgIpc) is 2.94. The van der Waals surface area contributed by atoms with Gasteiger partial charge in [0, 0.05) is 28.3 Å². The molecule has 0 saturated carbocycles. The summed E-state index contributed by atoms with van der Waals surface area (Å²) in [7, 11) is 0. The Bertz CT molecular complexity index is 765. The second-order valence-electron chi connectivity index (χ2n) is 5.25. The summed E-state index contributed by atoms with van der Waals surface area (Å²) in [5, 5.41) is 8.15. The summed E-state index contributed by atoms with van der Waals surface area (Å²) in [6.45, 7) is 0. The van der Waals surface area contributed by atoms with Gasteiger partial charge in [-0.2, -0.15) is 10.1 Å². The highest BCUT2D eigenvalue weighted by atomic mass is 35.5. The third-order valence-corrected chi connectivity index (χ3v) is 4.35. The molecule has 1 aliphatic heterocycles. The molecular weight excluding hydrogens is 288 g/mol. The van der Waals surface area contributed by atoms with E-state index in [1.165, 1.54) is 6.33 Å². The smallest absolute Gasteiger partial charge is 0.226 e. The predicted octanol–water partition coefficient (Wildman–Crippen LogP) is 2.95. The van der Waals surface area contributed by atoms with Crippen LogP contribution >= 0.6 is 11.6 Å². The number of carbonyl (C=O) groups excluding carboxylic acids is 1. The van der Waals surface area contributed by atoms with E-state index in [2.05, 4.69) is 15.4 Å². The first-order valence-electron chi connectivity index (χ1n) is 6.93. The van der Waals surface area contributed by atoms with Crippen molar-refractivity contribution < 1.29 is 4.79 Å². The van der Waals surface area contributed by atoms with Crippen LogP contribution in [0.5, 0.6) is 0 Å². The molecular formula is C15H13ClN4O. The van der Waals surface area contributed by atoms with Crippen molar-refractivity contribution in [3.8, 4) is 0 Å². The maximum Gasteiger partial charge on any atom is 0.226 e. The van der Waals surface area contributed by atoms with Gasteiger partial charge in [0.1, 0.15) is 12.4 Å². The van der Waals surface area contributed by atoms with E-state index in [4.69, 9.17) is 11.6 Å². The van der Waals surface area contributed by atoms with Gasteiger partial charge in [0.15, 0.2) is 5.78 Å². The number of anilines is 1. The Morgan fingerprint density at radius 1 is 1.29 bits per heavy atom. The van der Waals surface area contributed by atoms with Crippen molar-refractivity contribution in [2.75, 3.05) is 5.32 Å². The van der Waals surface area contributed by atoms with Gasteiger partial charge in [0.2, 0.25) is 5.95 Å². The number of nitrogens with one attached hydrogen (secondary N) is 1. The number of hydrogen-bond acceptors (Lipinski definition) is 4. The van der Waals surface area contributed by atoms with Crippen LogP contribution < -0.4 is 5.32 Å². The zero-order chi connectivity index (χ0) is 14.4. The number of fused-ring (bicyclic) bond motifs is 1. The van der Waals surface area contributed by atoms with Crippen molar-refractivity contribution in [3.05, 3.63) is 52.4 Å². The molecule has 5 nitrogen and oxygen atoms in total. The molecule has 0 unspecified atom stereocenters. The molecule has 1 N–H and O–H groups in total. The van der Waals surface area contributed by atoms with Crippen LogP contribution in [0, 0.1) is 0 Å². The summed E-state index contributed by atoms with van der Waals surface area (Å²) in [6, 6.07) is 7.29. The van der Waals surface area contributed by atoms with Crippen molar-refractivity contribution in [1.82, 2.24) is 14.8 Å². The first-order valence-corrected chi connectivity index (χ1v) is 7.30. The van der Waals surface area contributed by atoms with Gasteiger partial charge in [-0.15, -0.1) is 0 Å². The van der Waals surface area contributed by atoms with E-state index >= 15 is 0 Å². The average molecular weight is 301 g/mol. The summed E-state index contributed by atoms with van der Waals surface area (Å²) >= 11 is 6.35. The fourth-order valence-corrected chi connectivity index (χ4v) is 3.32. The van der Waals surface area contributed by atoms with E-state index in [0.29, 0.717) is 17.4 Å². The van der Waals surface area contributed by atoms with Crippen LogP contribution in [0.4, 0.5) is 5.95 Å². The highest BCUT2D eigenvalue weighted by Gasteiger charge is 2.36. The molecule has 1 atom stereocenters. The van der Waals surface area contributed by atoms with Crippen LogP contribution in [0.2, 0.25) is 5.02 Å². The van der Waals surface area contributed by atoms with Crippen LogP contribution in [0.15, 0.2) is 41.9 Å². The summed E-state index contributed by atoms with van der Waals surface area (Å²) in [4.78, 5) is 16.7. The van der Waals surface area contributed by atoms with E-state index in [-0.39, 0.29) is 11.8 Å². The normalized spacial score (nSPS) is 20.8. The Kier molecular flexibility index (Phi) is 2.82. The molecule has 2 aliphatic rings. The number of ketones is 1. The minimum absolute atomic E-state index is 0.162. The lowest BCUT2D eigenvalue weighted by Gasteiger charge is -2.32. The minimum Gasteiger partial charge on any atom is -0.328 e. The summed E-state index contributed by atoms with van der Waals surface area (Å²) in [6.07, 6.45) is 3.80. The number of nitrogens with zero attached hydrogens (tertiary/aromatic N) is 3. The molecule has 2 aromatic rings. The summed E-state index contributed by atoms with van der Waals surface area (Å²) < 4.78 is 1.74. The molecule has 4 rings (SSSR count). The van der Waals surface area contributed by atoms with Crippen LogP contribution in [-0.4, -0.2) is 20.5 Å². The molecule has 0 spiro atoms. The van der Waals surface area contributed by atoms with Gasteiger partial charge in [-0.3, -0.25) is 4.79 Å². The monoisotopic (exact) mass is 300 g/mol. The first kappa shape index (κ1) is 12.6. The number of carbonyl (C=O) groups is 1. The van der Waals surface area contributed by atoms with Crippen molar-refractivity contribution >= 4 is 23.3 Å². The summed E-state index contributed by atoms with van der Waals surface area (Å²) in [5.41, 5.74) is 2.61. The molecule has 0 radical (unpaired) electrons. The third kappa shape index (κ3) is 1.88. The van der Waals surface area contributed by atoms with Crippen molar-refractivity contribution in [3.63, 3.8) is 0 Å². The van der Waals surface area contributed by atoms with Gasteiger partial charge in [-0.1, -0.05) is 29.8 Å². The van der Waals surface area contributed by atoms with E-state index in [1.54, 1.807) is 4.68 Å². The van der Waals surface area contributed by atoms with Crippen LogP contribution in [-0.2, 0) is 4.79 Å². The van der Waals surface area contributed by atoms with E-state index in [9.17, 15) is 4.79 Å². The van der Waals surface area contributed by atoms with Crippen molar-refractivity contribution in [1.29, 1.82) is 0 Å². The number of halogens is 1. The van der Waals surface area contributed by atoms with E-state index in [0.717, 1.165) is 29.7 Å². The number of aromatic nitrogens is 3. The topological polar surface area (TPSA) is 59.8 Å². The van der Waals surface area contributed by atoms with E-state index in [1.807, 2.05) is 24.3 Å². The molecule has 0 amide bonds. The quantitative estimate of drug-likeness (QED) is 0.879. The van der Waals surface area contributed by atoms with Crippen LogP contribution in [0.25, 0.3) is 0 Å². The molecule has 2 heterocycles. The van der Waals surface area contributed by atoms with Crippen molar-refractivity contribution in [2.24, 2.45) is 0 Å². The Labute approximate surface area is 126 Å². The van der Waals surface area contributed by atoms with E-state index < -0.39 is 0 Å². The summed E-state index contributed by atoms with van der Waals surface area (Å²) in [5.74, 6) is 0.822. The lowest BCUT2D eigenvalue weighted by molar-refractivity contribution is -0.116. The molecule has 0 fully saturated rings. The number of allylic oxidation sites excluding steroid dienone is 2. The van der Waals surface area contributed by atoms with Gasteiger partial charge in [0.25, 0.3) is 0 Å². The Morgan fingerprint density at radius 2 is 2.14 bits per heavy atom. The molecule has 0 saturated heterocycles. The highest BCUT2D eigenvalue weighted by molar-refractivity contribution is 6.31. The molecule has 6 heteroatoms. The van der Waals surface area contributed by atoms with Gasteiger partial charge >= 0.3 is 0 Å². The van der Waals surface area contributed by atoms with Crippen LogP contribution in [0.1, 0.15) is 30.9 Å². The molecule has 0 bridgehead atoms. The van der Waals surface area contributed by atoms with Gasteiger partial charge in [-0.25, -0.2) is 4.68 Å². The standard InChI is InChI=1S/C15H13ClN4O/c16-10-5-2-1-4-9(10)14-13-11(6-3-7-12(13)21)19-15-17-8-18-20(14)15/h1-2,4-5,8,14H,3,6-7H2,(H,17,18,19)/t14-/m1/s1. The molecule has 106 valence electrons. The number of Topliss-reactive ketones (excluding diaryl/α,β-unsaturated/α-hetero) is 1. The molecule has 1 aromatic carbocycles. The van der Waals surface area contributed by atoms with Gasteiger partial charge in [0.05, 0.1) is 0 Å². The zero-order valence-electron chi connectivity index (χ0n) is 11.2. The molecule has 21 heavy (non-hydrogen) atoms. The largest absolute Gasteiger partial charge is 0.328 e. The number of hydrogen-bond donors (Lipinski definition) is 1. The number of benzene rings is 1. The van der Waals surface area contributed by atoms with Gasteiger partial charge < -0.3 is 5.32 Å². The SMILES string of the molecule is O=C1CCCC2=C1[C@@H](c1ccccc1Cl)n1ncnc1N2. The van der Waals surface area contributed by atoms with Gasteiger partial charge in [-0.05, 0) is 18.9 Å². The Balaban J connectivity index is 1.96. The second-order valence-corrected chi connectivity index (χ2v) is 5.65. The third-order valence-electron chi connectivity index (χ3n) is 4.01. The number of rotatable bonds is 1. The zero-order valence-corrected chi connectivity index (χ0v) is 12.0. The highest BCUT2D eigenvalue weighted by Crippen LogP contribution is 2.41. The first-order chi connectivity index (χ1) is 10.3. The lowest BCUT2D eigenvalue weighted by atomic mass is 9.85. The maximum atomic E-state index is 12.5. The maximum absolute atomic E-state index is 12.5. The predicted molar refractivity (Wildman–Crippen MR) is 79.1 cm³/mol. The Morgan fingerprint density at radius 3 is 3.00 bits per heavy atom. The molecule has 1 aromatic heterocycles. The minimum atomic E-state index is -0.291. The fraction of sp³-hybridized carbons (Fsp3) is 0.267. The molecule has 1 aliphatic carbocycles. The fourth-order valence-electron chi connectivity index (χ4n) is 3.08. The lowest BCUT2D eigenvalue weighted by Crippen LogP contribution is -2.31.